The van der Waals surface area contributed by atoms with Crippen LogP contribution in [0.1, 0.15) is 32.6 Å². The van der Waals surface area contributed by atoms with E-state index >= 15 is 0 Å². The fourth-order valence-corrected chi connectivity index (χ4v) is 2.87. The zero-order valence-corrected chi connectivity index (χ0v) is 11.8. The fourth-order valence-electron chi connectivity index (χ4n) is 2.87. The quantitative estimate of drug-likeness (QED) is 0.731. The summed E-state index contributed by atoms with van der Waals surface area (Å²) >= 11 is 0. The number of methoxy groups -OCH3 is 1. The summed E-state index contributed by atoms with van der Waals surface area (Å²) in [6, 6.07) is 5.51. The summed E-state index contributed by atoms with van der Waals surface area (Å²) in [5, 5.41) is 13.8. The Labute approximate surface area is 115 Å². The van der Waals surface area contributed by atoms with Gasteiger partial charge in [-0.05, 0) is 30.9 Å². The fraction of sp³-hybridized carbons (Fsp3) is 0.600. The van der Waals surface area contributed by atoms with Crippen LogP contribution in [0.3, 0.4) is 0 Å². The van der Waals surface area contributed by atoms with Gasteiger partial charge in [0.05, 0.1) is 24.1 Å². The summed E-state index contributed by atoms with van der Waals surface area (Å²) in [4.78, 5) is 0. The summed E-state index contributed by atoms with van der Waals surface area (Å²) < 4.78 is 5.19. The number of rotatable bonds is 4. The van der Waals surface area contributed by atoms with E-state index in [0.29, 0.717) is 18.2 Å². The van der Waals surface area contributed by atoms with E-state index in [9.17, 15) is 5.11 Å². The van der Waals surface area contributed by atoms with Crippen LogP contribution in [0.15, 0.2) is 18.2 Å². The average molecular weight is 264 g/mol. The third-order valence-electron chi connectivity index (χ3n) is 3.94. The molecule has 1 aliphatic carbocycles. The van der Waals surface area contributed by atoms with Gasteiger partial charge in [0, 0.05) is 12.6 Å². The second kappa shape index (κ2) is 5.70. The normalized spacial score (nSPS) is 27.0. The van der Waals surface area contributed by atoms with Gasteiger partial charge in [-0.1, -0.05) is 19.8 Å². The van der Waals surface area contributed by atoms with Gasteiger partial charge >= 0.3 is 0 Å². The Morgan fingerprint density at radius 1 is 1.53 bits per heavy atom. The van der Waals surface area contributed by atoms with E-state index < -0.39 is 5.60 Å². The van der Waals surface area contributed by atoms with Crippen molar-refractivity contribution in [3.05, 3.63) is 18.2 Å². The Balaban J connectivity index is 2.01. The van der Waals surface area contributed by atoms with Gasteiger partial charge < -0.3 is 20.9 Å². The van der Waals surface area contributed by atoms with Gasteiger partial charge in [0.15, 0.2) is 0 Å². The minimum absolute atomic E-state index is 0.536. The summed E-state index contributed by atoms with van der Waals surface area (Å²) in [5.41, 5.74) is 6.81. The van der Waals surface area contributed by atoms with Gasteiger partial charge in [-0.3, -0.25) is 0 Å². The summed E-state index contributed by atoms with van der Waals surface area (Å²) in [5.74, 6) is 1.35. The molecule has 0 amide bonds. The highest BCUT2D eigenvalue weighted by atomic mass is 16.5. The molecule has 2 rings (SSSR count). The van der Waals surface area contributed by atoms with Gasteiger partial charge in [0.2, 0.25) is 0 Å². The van der Waals surface area contributed by atoms with E-state index in [1.165, 1.54) is 6.42 Å². The molecule has 19 heavy (non-hydrogen) atoms. The van der Waals surface area contributed by atoms with Crippen LogP contribution in [-0.2, 0) is 0 Å². The van der Waals surface area contributed by atoms with Crippen molar-refractivity contribution in [3.8, 4) is 5.75 Å². The van der Waals surface area contributed by atoms with Crippen molar-refractivity contribution in [1.82, 2.24) is 0 Å². The van der Waals surface area contributed by atoms with Gasteiger partial charge in [0.1, 0.15) is 5.75 Å². The molecule has 0 radical (unpaired) electrons. The first kappa shape index (κ1) is 14.0. The van der Waals surface area contributed by atoms with Gasteiger partial charge in [-0.15, -0.1) is 0 Å². The van der Waals surface area contributed by atoms with Crippen LogP contribution in [0.25, 0.3) is 0 Å². The van der Waals surface area contributed by atoms with Crippen molar-refractivity contribution in [2.45, 2.75) is 38.2 Å². The lowest BCUT2D eigenvalue weighted by atomic mass is 9.79. The van der Waals surface area contributed by atoms with E-state index in [0.717, 1.165) is 30.7 Å². The number of hydrogen-bond donors (Lipinski definition) is 3. The molecule has 0 heterocycles. The molecule has 0 saturated heterocycles. The molecule has 4 heteroatoms. The second-order valence-corrected chi connectivity index (χ2v) is 5.73. The molecule has 0 aromatic heterocycles. The number of benzene rings is 1. The topological polar surface area (TPSA) is 67.5 Å². The standard InChI is InChI=1S/C15H24N2O2/c1-11-4-3-7-15(18,9-11)10-17-14-8-12(19-2)5-6-13(14)16/h5-6,8,11,17-18H,3-4,7,9-10,16H2,1-2H3. The molecule has 2 unspecified atom stereocenters. The molecule has 1 fully saturated rings. The Morgan fingerprint density at radius 3 is 3.00 bits per heavy atom. The number of hydrogen-bond acceptors (Lipinski definition) is 4. The first-order valence-electron chi connectivity index (χ1n) is 6.92. The van der Waals surface area contributed by atoms with Crippen molar-refractivity contribution >= 4 is 11.4 Å². The Morgan fingerprint density at radius 2 is 2.32 bits per heavy atom. The molecule has 0 bridgehead atoms. The smallest absolute Gasteiger partial charge is 0.121 e. The first-order valence-corrected chi connectivity index (χ1v) is 6.92. The highest BCUT2D eigenvalue weighted by molar-refractivity contribution is 5.68. The first-order chi connectivity index (χ1) is 9.02. The van der Waals surface area contributed by atoms with Crippen molar-refractivity contribution < 1.29 is 9.84 Å². The number of ether oxygens (including phenoxy) is 1. The third-order valence-corrected chi connectivity index (χ3v) is 3.94. The predicted octanol–water partition coefficient (Wildman–Crippen LogP) is 2.63. The van der Waals surface area contributed by atoms with Crippen molar-refractivity contribution in [1.29, 1.82) is 0 Å². The Bertz CT molecular complexity index is 436. The van der Waals surface area contributed by atoms with Crippen LogP contribution in [-0.4, -0.2) is 24.4 Å². The maximum absolute atomic E-state index is 10.6. The molecular weight excluding hydrogens is 240 g/mol. The Hall–Kier alpha value is -1.42. The van der Waals surface area contributed by atoms with Gasteiger partial charge in [0.25, 0.3) is 0 Å². The molecule has 0 aliphatic heterocycles. The lowest BCUT2D eigenvalue weighted by Gasteiger charge is -2.36. The van der Waals surface area contributed by atoms with Crippen LogP contribution in [0.4, 0.5) is 11.4 Å². The molecular formula is C15H24N2O2. The second-order valence-electron chi connectivity index (χ2n) is 5.73. The van der Waals surface area contributed by atoms with Crippen molar-refractivity contribution in [3.63, 3.8) is 0 Å². The maximum Gasteiger partial charge on any atom is 0.121 e. The average Bonchev–Trinajstić information content (AvgIpc) is 2.37. The minimum Gasteiger partial charge on any atom is -0.497 e. The maximum atomic E-state index is 10.6. The number of nitrogens with one attached hydrogen (secondary N) is 1. The van der Waals surface area contributed by atoms with Crippen molar-refractivity contribution in [2.24, 2.45) is 5.92 Å². The molecule has 106 valence electrons. The molecule has 1 saturated carbocycles. The lowest BCUT2D eigenvalue weighted by Crippen LogP contribution is -2.41. The molecule has 0 spiro atoms. The molecule has 2 atom stereocenters. The monoisotopic (exact) mass is 264 g/mol. The molecule has 1 aliphatic rings. The largest absolute Gasteiger partial charge is 0.497 e. The Kier molecular flexibility index (Phi) is 4.20. The molecule has 1 aromatic rings. The van der Waals surface area contributed by atoms with E-state index in [2.05, 4.69) is 12.2 Å². The van der Waals surface area contributed by atoms with Crippen molar-refractivity contribution in [2.75, 3.05) is 24.7 Å². The van der Waals surface area contributed by atoms with Crippen LogP contribution in [0.5, 0.6) is 5.75 Å². The molecule has 4 nitrogen and oxygen atoms in total. The zero-order chi connectivity index (χ0) is 13.9. The number of nitrogen functional groups attached to an aromatic ring is 1. The van der Waals surface area contributed by atoms with E-state index in [1.807, 2.05) is 18.2 Å². The third kappa shape index (κ3) is 3.53. The van der Waals surface area contributed by atoms with Gasteiger partial charge in [-0.25, -0.2) is 0 Å². The van der Waals surface area contributed by atoms with Crippen LogP contribution in [0.2, 0.25) is 0 Å². The van der Waals surface area contributed by atoms with Gasteiger partial charge in [-0.2, -0.15) is 0 Å². The summed E-state index contributed by atoms with van der Waals surface area (Å²) in [6.45, 7) is 2.73. The lowest BCUT2D eigenvalue weighted by molar-refractivity contribution is -0.000751. The van der Waals surface area contributed by atoms with Crippen LogP contribution >= 0.6 is 0 Å². The van der Waals surface area contributed by atoms with E-state index in [4.69, 9.17) is 10.5 Å². The SMILES string of the molecule is COc1ccc(N)c(NCC2(O)CCCC(C)C2)c1. The van der Waals surface area contributed by atoms with E-state index in [1.54, 1.807) is 7.11 Å². The number of nitrogens with two attached hydrogens (primary N) is 1. The van der Waals surface area contributed by atoms with Crippen LogP contribution in [0, 0.1) is 5.92 Å². The summed E-state index contributed by atoms with van der Waals surface area (Å²) in [7, 11) is 1.63. The number of anilines is 2. The highest BCUT2D eigenvalue weighted by Crippen LogP contribution is 2.33. The minimum atomic E-state index is -0.618. The highest BCUT2D eigenvalue weighted by Gasteiger charge is 2.32. The van der Waals surface area contributed by atoms with Crippen LogP contribution < -0.4 is 15.8 Å². The molecule has 1 aromatic carbocycles. The zero-order valence-electron chi connectivity index (χ0n) is 11.8. The number of aliphatic hydroxyl groups is 1. The predicted molar refractivity (Wildman–Crippen MR) is 78.5 cm³/mol. The molecule has 4 N–H and O–H groups in total. The van der Waals surface area contributed by atoms with E-state index in [-0.39, 0.29) is 0 Å². The summed E-state index contributed by atoms with van der Waals surface area (Å²) in [6.07, 6.45) is 4.01.